The van der Waals surface area contributed by atoms with Crippen molar-refractivity contribution in [2.24, 2.45) is 0 Å². The van der Waals surface area contributed by atoms with E-state index in [1.807, 2.05) is 6.07 Å². The Labute approximate surface area is 118 Å². The number of halogens is 1. The van der Waals surface area contributed by atoms with Crippen LogP contribution < -0.4 is 4.74 Å². The highest BCUT2D eigenvalue weighted by molar-refractivity contribution is 9.09. The van der Waals surface area contributed by atoms with Crippen molar-refractivity contribution in [3.05, 3.63) is 29.8 Å². The largest absolute Gasteiger partial charge is 0.497 e. The third kappa shape index (κ3) is 3.48. The van der Waals surface area contributed by atoms with Gasteiger partial charge in [0.05, 0.1) is 7.11 Å². The van der Waals surface area contributed by atoms with Gasteiger partial charge in [-0.25, -0.2) is 0 Å². The van der Waals surface area contributed by atoms with Gasteiger partial charge in [-0.2, -0.15) is 0 Å². The summed E-state index contributed by atoms with van der Waals surface area (Å²) in [7, 11) is 3.95. The molecule has 1 aliphatic rings. The summed E-state index contributed by atoms with van der Waals surface area (Å²) in [6.45, 7) is 0.990. The minimum Gasteiger partial charge on any atom is -0.497 e. The van der Waals surface area contributed by atoms with Crippen LogP contribution in [0.25, 0.3) is 0 Å². The Morgan fingerprint density at radius 1 is 1.33 bits per heavy atom. The molecule has 1 aliphatic carbocycles. The molecule has 100 valence electrons. The third-order valence-corrected chi connectivity index (χ3v) is 4.85. The number of rotatable bonds is 4. The van der Waals surface area contributed by atoms with Gasteiger partial charge in [0.25, 0.3) is 0 Å². The lowest BCUT2D eigenvalue weighted by molar-refractivity contribution is 0.193. The summed E-state index contributed by atoms with van der Waals surface area (Å²) >= 11 is 3.83. The maximum atomic E-state index is 5.28. The van der Waals surface area contributed by atoms with Gasteiger partial charge in [0.2, 0.25) is 0 Å². The van der Waals surface area contributed by atoms with Gasteiger partial charge >= 0.3 is 0 Å². The van der Waals surface area contributed by atoms with Crippen molar-refractivity contribution in [2.75, 3.05) is 14.2 Å². The first-order chi connectivity index (χ1) is 8.70. The molecule has 0 heterocycles. The monoisotopic (exact) mass is 311 g/mol. The van der Waals surface area contributed by atoms with Crippen molar-refractivity contribution < 1.29 is 4.74 Å². The molecule has 3 heteroatoms. The van der Waals surface area contributed by atoms with Gasteiger partial charge < -0.3 is 4.74 Å². The summed E-state index contributed by atoms with van der Waals surface area (Å²) < 4.78 is 5.28. The fourth-order valence-electron chi connectivity index (χ4n) is 2.74. The van der Waals surface area contributed by atoms with Crippen molar-refractivity contribution in [3.63, 3.8) is 0 Å². The van der Waals surface area contributed by atoms with Gasteiger partial charge in [-0.3, -0.25) is 4.90 Å². The number of methoxy groups -OCH3 is 1. The third-order valence-electron chi connectivity index (χ3n) is 3.78. The maximum Gasteiger partial charge on any atom is 0.119 e. The van der Waals surface area contributed by atoms with Gasteiger partial charge in [-0.05, 0) is 37.6 Å². The molecule has 0 amide bonds. The van der Waals surface area contributed by atoms with Crippen molar-refractivity contribution in [1.29, 1.82) is 0 Å². The Bertz CT molecular complexity index is 383. The molecule has 0 spiro atoms. The van der Waals surface area contributed by atoms with Crippen molar-refractivity contribution in [2.45, 2.75) is 43.1 Å². The van der Waals surface area contributed by atoms with Crippen molar-refractivity contribution in [3.8, 4) is 5.75 Å². The SMILES string of the molecule is COc1cccc(CN(C)C2CCCCC2Br)c1. The Kier molecular flexibility index (Phi) is 5.07. The molecule has 2 unspecified atom stereocenters. The molecule has 18 heavy (non-hydrogen) atoms. The summed E-state index contributed by atoms with van der Waals surface area (Å²) in [6.07, 6.45) is 5.32. The van der Waals surface area contributed by atoms with Crippen LogP contribution in [0.2, 0.25) is 0 Å². The van der Waals surface area contributed by atoms with Crippen LogP contribution in [0.3, 0.4) is 0 Å². The van der Waals surface area contributed by atoms with Crippen LogP contribution in [-0.4, -0.2) is 29.9 Å². The lowest BCUT2D eigenvalue weighted by Gasteiger charge is -2.35. The first kappa shape index (κ1) is 13.9. The van der Waals surface area contributed by atoms with E-state index in [0.717, 1.165) is 12.3 Å². The zero-order valence-electron chi connectivity index (χ0n) is 11.2. The molecular formula is C15H22BrNO. The quantitative estimate of drug-likeness (QED) is 0.784. The van der Waals surface area contributed by atoms with Crippen LogP contribution >= 0.6 is 15.9 Å². The Hall–Kier alpha value is -0.540. The van der Waals surface area contributed by atoms with Gasteiger partial charge in [0.15, 0.2) is 0 Å². The van der Waals surface area contributed by atoms with Crippen LogP contribution in [0.5, 0.6) is 5.75 Å². The van der Waals surface area contributed by atoms with Gasteiger partial charge in [0, 0.05) is 17.4 Å². The van der Waals surface area contributed by atoms with Gasteiger partial charge in [0.1, 0.15) is 5.75 Å². The molecule has 0 N–H and O–H groups in total. The fraction of sp³-hybridized carbons (Fsp3) is 0.600. The highest BCUT2D eigenvalue weighted by atomic mass is 79.9. The normalized spacial score (nSPS) is 24.2. The molecule has 1 aromatic carbocycles. The van der Waals surface area contributed by atoms with Gasteiger partial charge in [-0.15, -0.1) is 0 Å². The molecule has 1 aromatic rings. The number of ether oxygens (including phenoxy) is 1. The van der Waals surface area contributed by atoms with E-state index < -0.39 is 0 Å². The summed E-state index contributed by atoms with van der Waals surface area (Å²) in [5, 5.41) is 0. The van der Waals surface area contributed by atoms with E-state index in [4.69, 9.17) is 4.74 Å². The summed E-state index contributed by atoms with van der Waals surface area (Å²) in [5.41, 5.74) is 1.32. The van der Waals surface area contributed by atoms with Crippen molar-refractivity contribution >= 4 is 15.9 Å². The van der Waals surface area contributed by atoms with Crippen molar-refractivity contribution in [1.82, 2.24) is 4.90 Å². The molecule has 0 saturated heterocycles. The first-order valence-corrected chi connectivity index (χ1v) is 7.59. The number of hydrogen-bond donors (Lipinski definition) is 0. The molecule has 0 bridgehead atoms. The summed E-state index contributed by atoms with van der Waals surface area (Å²) in [5.74, 6) is 0.944. The number of nitrogens with zero attached hydrogens (tertiary/aromatic N) is 1. The second-order valence-electron chi connectivity index (χ2n) is 5.13. The molecular weight excluding hydrogens is 290 g/mol. The molecule has 1 saturated carbocycles. The molecule has 2 atom stereocenters. The van der Waals surface area contributed by atoms with E-state index in [1.165, 1.54) is 31.2 Å². The summed E-state index contributed by atoms with van der Waals surface area (Å²) in [4.78, 5) is 3.11. The van der Waals surface area contributed by atoms with E-state index in [0.29, 0.717) is 10.9 Å². The molecule has 0 radical (unpaired) electrons. The molecule has 2 nitrogen and oxygen atoms in total. The topological polar surface area (TPSA) is 12.5 Å². The molecule has 0 aromatic heterocycles. The molecule has 1 fully saturated rings. The lowest BCUT2D eigenvalue weighted by Crippen LogP contribution is -2.40. The van der Waals surface area contributed by atoms with E-state index in [9.17, 15) is 0 Å². The second kappa shape index (κ2) is 6.58. The van der Waals surface area contributed by atoms with Crippen LogP contribution in [0.1, 0.15) is 31.2 Å². The average Bonchev–Trinajstić information content (AvgIpc) is 2.39. The standard InChI is InChI=1S/C15H22BrNO/c1-17(15-9-4-3-8-14(15)16)11-12-6-5-7-13(10-12)18-2/h5-7,10,14-15H,3-4,8-9,11H2,1-2H3. The van der Waals surface area contributed by atoms with Gasteiger partial charge in [-0.1, -0.05) is 40.9 Å². The van der Waals surface area contributed by atoms with E-state index in [-0.39, 0.29) is 0 Å². The minimum absolute atomic E-state index is 0.641. The number of hydrogen-bond acceptors (Lipinski definition) is 2. The zero-order chi connectivity index (χ0) is 13.0. The lowest BCUT2D eigenvalue weighted by atomic mass is 9.94. The predicted octanol–water partition coefficient (Wildman–Crippen LogP) is 3.83. The predicted molar refractivity (Wildman–Crippen MR) is 79.4 cm³/mol. The zero-order valence-corrected chi connectivity index (χ0v) is 12.8. The smallest absolute Gasteiger partial charge is 0.119 e. The van der Waals surface area contributed by atoms with Crippen LogP contribution in [-0.2, 0) is 6.54 Å². The van der Waals surface area contributed by atoms with E-state index in [2.05, 4.69) is 46.1 Å². The fourth-order valence-corrected chi connectivity index (χ4v) is 3.73. The number of benzene rings is 1. The highest BCUT2D eigenvalue weighted by Crippen LogP contribution is 2.28. The Morgan fingerprint density at radius 2 is 2.11 bits per heavy atom. The van der Waals surface area contributed by atoms with Crippen LogP contribution in [0.15, 0.2) is 24.3 Å². The Balaban J connectivity index is 1.98. The minimum atomic E-state index is 0.641. The Morgan fingerprint density at radius 3 is 2.83 bits per heavy atom. The first-order valence-electron chi connectivity index (χ1n) is 6.68. The van der Waals surface area contributed by atoms with E-state index in [1.54, 1.807) is 7.11 Å². The summed E-state index contributed by atoms with van der Waals surface area (Å²) in [6, 6.07) is 9.02. The highest BCUT2D eigenvalue weighted by Gasteiger charge is 2.26. The van der Waals surface area contributed by atoms with E-state index >= 15 is 0 Å². The molecule has 0 aliphatic heterocycles. The average molecular weight is 312 g/mol. The number of alkyl halides is 1. The van der Waals surface area contributed by atoms with Crippen LogP contribution in [0.4, 0.5) is 0 Å². The van der Waals surface area contributed by atoms with Crippen LogP contribution in [0, 0.1) is 0 Å². The maximum absolute atomic E-state index is 5.28. The second-order valence-corrected chi connectivity index (χ2v) is 6.31. The molecule has 2 rings (SSSR count).